The number of nitrogens with two attached hydrogens (primary N) is 1. The summed E-state index contributed by atoms with van der Waals surface area (Å²) in [6.07, 6.45) is 1.73. The Morgan fingerprint density at radius 3 is 2.50 bits per heavy atom. The predicted molar refractivity (Wildman–Crippen MR) is 60.1 cm³/mol. The molecule has 0 fully saturated rings. The molecule has 0 amide bonds. The summed E-state index contributed by atoms with van der Waals surface area (Å²) in [6.45, 7) is 1.75. The summed E-state index contributed by atoms with van der Waals surface area (Å²) in [5.74, 6) is 4.82. The van der Waals surface area contributed by atoms with Gasteiger partial charge in [0.15, 0.2) is 6.04 Å². The van der Waals surface area contributed by atoms with Crippen molar-refractivity contribution in [3.63, 3.8) is 0 Å². The number of nitrogens with zero attached hydrogens (tertiary/aromatic N) is 2. The van der Waals surface area contributed by atoms with Gasteiger partial charge >= 0.3 is 5.97 Å². The van der Waals surface area contributed by atoms with Crippen LogP contribution < -0.4 is 10.9 Å². The highest BCUT2D eigenvalue weighted by Crippen LogP contribution is 2.25. The average Bonchev–Trinajstić information content (AvgIpc) is 2.55. The number of carbonyl (C=O) groups is 1. The molecule has 0 aromatic heterocycles. The van der Waals surface area contributed by atoms with E-state index in [1.807, 2.05) is 30.3 Å². The molecule has 1 heterocycles. The van der Waals surface area contributed by atoms with E-state index in [-0.39, 0.29) is 0 Å². The Labute approximate surface area is 93.3 Å². The van der Waals surface area contributed by atoms with Crippen molar-refractivity contribution in [3.8, 4) is 0 Å². The van der Waals surface area contributed by atoms with Gasteiger partial charge in [-0.1, -0.05) is 18.2 Å². The second-order valence-electron chi connectivity index (χ2n) is 3.67. The van der Waals surface area contributed by atoms with Crippen molar-refractivity contribution in [2.45, 2.75) is 13.0 Å². The molecule has 5 heteroatoms. The summed E-state index contributed by atoms with van der Waals surface area (Å²) in [4.78, 5) is 11.0. The predicted octanol–water partition coefficient (Wildman–Crippen LogP) is 0.954. The first-order valence-corrected chi connectivity index (χ1v) is 4.90. The maximum Gasteiger partial charge on any atom is 0.328 e. The lowest BCUT2D eigenvalue weighted by Gasteiger charge is -2.27. The van der Waals surface area contributed by atoms with Crippen LogP contribution in [0, 0.1) is 0 Å². The molecule has 3 N–H and O–H groups in total. The molecule has 84 valence electrons. The second-order valence-corrected chi connectivity index (χ2v) is 3.67. The fraction of sp³-hybridized carbons (Fsp3) is 0.182. The summed E-state index contributed by atoms with van der Waals surface area (Å²) in [6, 6.07) is 8.59. The third-order valence-electron chi connectivity index (χ3n) is 2.53. The van der Waals surface area contributed by atoms with Crippen LogP contribution in [-0.4, -0.2) is 22.2 Å². The first-order valence-electron chi connectivity index (χ1n) is 4.90. The van der Waals surface area contributed by atoms with Gasteiger partial charge in [0.25, 0.3) is 0 Å². The van der Waals surface area contributed by atoms with Crippen LogP contribution >= 0.6 is 0 Å². The number of anilines is 1. The summed E-state index contributed by atoms with van der Waals surface area (Å²) in [5, 5.41) is 11.9. The highest BCUT2D eigenvalue weighted by Gasteiger charge is 2.34. The first-order chi connectivity index (χ1) is 7.61. The number of para-hydroxylation sites is 1. The molecule has 16 heavy (non-hydrogen) atoms. The smallest absolute Gasteiger partial charge is 0.328 e. The Kier molecular flexibility index (Phi) is 2.64. The van der Waals surface area contributed by atoms with E-state index in [9.17, 15) is 4.79 Å². The molecule has 1 aromatic carbocycles. The fourth-order valence-electron chi connectivity index (χ4n) is 1.76. The molecule has 1 aliphatic heterocycles. The highest BCUT2D eigenvalue weighted by atomic mass is 16.4. The lowest BCUT2D eigenvalue weighted by Crippen LogP contribution is -2.50. The molecule has 1 aliphatic rings. The summed E-state index contributed by atoms with van der Waals surface area (Å²) >= 11 is 0. The number of carboxylic acid groups (broad SMARTS) is 1. The maximum atomic E-state index is 11.0. The van der Waals surface area contributed by atoms with Crippen LogP contribution in [0.25, 0.3) is 0 Å². The van der Waals surface area contributed by atoms with Gasteiger partial charge in [-0.05, 0) is 24.6 Å². The minimum Gasteiger partial charge on any atom is -0.480 e. The minimum absolute atomic E-state index is 0.707. The summed E-state index contributed by atoms with van der Waals surface area (Å²) in [7, 11) is 0. The van der Waals surface area contributed by atoms with Crippen LogP contribution in [0.5, 0.6) is 0 Å². The quantitative estimate of drug-likeness (QED) is 0.725. The van der Waals surface area contributed by atoms with Crippen molar-refractivity contribution in [1.29, 1.82) is 0 Å². The Bertz CT molecular complexity index is 430. The van der Waals surface area contributed by atoms with Gasteiger partial charge in [-0.25, -0.2) is 5.84 Å². The number of rotatable bonds is 2. The van der Waals surface area contributed by atoms with Crippen molar-refractivity contribution in [2.75, 3.05) is 5.01 Å². The lowest BCUT2D eigenvalue weighted by molar-refractivity contribution is -0.141. The van der Waals surface area contributed by atoms with E-state index < -0.39 is 12.0 Å². The van der Waals surface area contributed by atoms with Gasteiger partial charge in [0.05, 0.1) is 5.69 Å². The summed E-state index contributed by atoms with van der Waals surface area (Å²) in [5.41, 5.74) is 1.55. The number of hydrogen-bond acceptors (Lipinski definition) is 4. The lowest BCUT2D eigenvalue weighted by atomic mass is 10.2. The number of benzene rings is 1. The minimum atomic E-state index is -0.949. The zero-order chi connectivity index (χ0) is 11.7. The Morgan fingerprint density at radius 1 is 1.38 bits per heavy atom. The molecule has 0 saturated carbocycles. The largest absolute Gasteiger partial charge is 0.480 e. The van der Waals surface area contributed by atoms with E-state index in [4.69, 9.17) is 10.9 Å². The molecule has 2 rings (SSSR count). The zero-order valence-electron chi connectivity index (χ0n) is 8.87. The zero-order valence-corrected chi connectivity index (χ0v) is 8.87. The number of hydrogen-bond donors (Lipinski definition) is 2. The molecule has 0 spiro atoms. The van der Waals surface area contributed by atoms with Crippen LogP contribution in [0.3, 0.4) is 0 Å². The standard InChI is InChI=1S/C11H13N3O2/c1-8-7-13(9-5-3-2-4-6-9)14(12)10(8)11(15)16/h2-7,10H,12H2,1H3,(H,15,16). The van der Waals surface area contributed by atoms with Crippen molar-refractivity contribution < 1.29 is 9.90 Å². The molecule has 0 bridgehead atoms. The second kappa shape index (κ2) is 3.96. The maximum absolute atomic E-state index is 11.0. The van der Waals surface area contributed by atoms with Gasteiger partial charge in [0, 0.05) is 6.20 Å². The Hall–Kier alpha value is -1.85. The molecule has 1 atom stereocenters. The Morgan fingerprint density at radius 2 is 2.00 bits per heavy atom. The molecular weight excluding hydrogens is 206 g/mol. The van der Waals surface area contributed by atoms with Gasteiger partial charge in [0.2, 0.25) is 0 Å². The topological polar surface area (TPSA) is 69.8 Å². The summed E-state index contributed by atoms with van der Waals surface area (Å²) < 4.78 is 0. The highest BCUT2D eigenvalue weighted by molar-refractivity contribution is 5.79. The normalized spacial score (nSPS) is 21.0. The third-order valence-corrected chi connectivity index (χ3v) is 2.53. The van der Waals surface area contributed by atoms with Gasteiger partial charge < -0.3 is 5.11 Å². The van der Waals surface area contributed by atoms with E-state index in [1.54, 1.807) is 18.1 Å². The van der Waals surface area contributed by atoms with E-state index in [0.717, 1.165) is 5.69 Å². The number of carboxylic acids is 1. The van der Waals surface area contributed by atoms with Crippen LogP contribution in [-0.2, 0) is 4.79 Å². The van der Waals surface area contributed by atoms with Crippen LogP contribution in [0.15, 0.2) is 42.1 Å². The van der Waals surface area contributed by atoms with Gasteiger partial charge in [-0.3, -0.25) is 9.80 Å². The number of hydrazine groups is 2. The average molecular weight is 219 g/mol. The fourth-order valence-corrected chi connectivity index (χ4v) is 1.76. The third kappa shape index (κ3) is 1.66. The number of aliphatic carboxylic acids is 1. The molecule has 1 unspecified atom stereocenters. The molecule has 1 aromatic rings. The van der Waals surface area contributed by atoms with Gasteiger partial charge in [-0.2, -0.15) is 0 Å². The molecule has 0 radical (unpaired) electrons. The molecule has 5 nitrogen and oxygen atoms in total. The van der Waals surface area contributed by atoms with E-state index in [0.29, 0.717) is 5.57 Å². The van der Waals surface area contributed by atoms with Crippen LogP contribution in [0.4, 0.5) is 5.69 Å². The van der Waals surface area contributed by atoms with Crippen molar-refractivity contribution in [1.82, 2.24) is 5.12 Å². The van der Waals surface area contributed by atoms with Gasteiger partial charge in [0.1, 0.15) is 0 Å². The molecule has 0 saturated heterocycles. The molecular formula is C11H13N3O2. The monoisotopic (exact) mass is 219 g/mol. The van der Waals surface area contributed by atoms with Crippen molar-refractivity contribution >= 4 is 11.7 Å². The van der Waals surface area contributed by atoms with E-state index in [2.05, 4.69) is 0 Å². The SMILES string of the molecule is CC1=CN(c2ccccc2)N(N)C1C(=O)O. The molecule has 0 aliphatic carbocycles. The van der Waals surface area contributed by atoms with Crippen molar-refractivity contribution in [2.24, 2.45) is 5.84 Å². The first kappa shape index (κ1) is 10.7. The van der Waals surface area contributed by atoms with Crippen LogP contribution in [0.2, 0.25) is 0 Å². The van der Waals surface area contributed by atoms with E-state index >= 15 is 0 Å². The van der Waals surface area contributed by atoms with Gasteiger partial charge in [-0.15, -0.1) is 5.12 Å². The van der Waals surface area contributed by atoms with Crippen LogP contribution in [0.1, 0.15) is 6.92 Å². The Balaban J connectivity index is 2.31. The van der Waals surface area contributed by atoms with Crippen molar-refractivity contribution in [3.05, 3.63) is 42.1 Å². The van der Waals surface area contributed by atoms with E-state index in [1.165, 1.54) is 5.12 Å².